The Labute approximate surface area is 101 Å². The smallest absolute Gasteiger partial charge is 0.0988 e. The molecule has 2 rings (SSSR count). The molecule has 84 valence electrons. The van der Waals surface area contributed by atoms with Crippen LogP contribution in [0, 0.1) is 6.92 Å². The lowest BCUT2D eigenvalue weighted by atomic mass is 9.98. The molecule has 0 saturated carbocycles. The van der Waals surface area contributed by atoms with Gasteiger partial charge in [-0.3, -0.25) is 0 Å². The highest BCUT2D eigenvalue weighted by Crippen LogP contribution is 2.35. The number of rotatable bonds is 1. The maximum Gasteiger partial charge on any atom is 0.0988 e. The number of thiazole rings is 1. The van der Waals surface area contributed by atoms with Crippen LogP contribution in [0.1, 0.15) is 31.5 Å². The fraction of sp³-hybridized carbons (Fsp3) is 0.357. The molecule has 0 aliphatic carbocycles. The van der Waals surface area contributed by atoms with Crippen molar-refractivity contribution in [2.45, 2.75) is 33.1 Å². The van der Waals surface area contributed by atoms with Crippen molar-refractivity contribution < 1.29 is 0 Å². The first-order chi connectivity index (χ1) is 7.48. The summed E-state index contributed by atoms with van der Waals surface area (Å²) in [4.78, 5) is 5.97. The molecule has 0 bridgehead atoms. The van der Waals surface area contributed by atoms with E-state index < -0.39 is 0 Å². The van der Waals surface area contributed by atoms with Gasteiger partial charge < -0.3 is 0 Å². The van der Waals surface area contributed by atoms with Crippen molar-refractivity contribution >= 4 is 11.3 Å². The molecule has 0 N–H and O–H groups in total. The number of aromatic nitrogens is 1. The molecule has 0 amide bonds. The Hall–Kier alpha value is -1.15. The van der Waals surface area contributed by atoms with Gasteiger partial charge in [0.05, 0.1) is 15.6 Å². The highest BCUT2D eigenvalue weighted by Gasteiger charge is 2.20. The minimum absolute atomic E-state index is 0.141. The Morgan fingerprint density at radius 2 is 1.69 bits per heavy atom. The Kier molecular flexibility index (Phi) is 2.85. The second kappa shape index (κ2) is 4.02. The van der Waals surface area contributed by atoms with Gasteiger partial charge in [0.1, 0.15) is 0 Å². The minimum atomic E-state index is 0.141. The van der Waals surface area contributed by atoms with Crippen molar-refractivity contribution in [1.29, 1.82) is 0 Å². The molecule has 0 unspecified atom stereocenters. The lowest BCUT2D eigenvalue weighted by Gasteiger charge is -2.13. The highest BCUT2D eigenvalue weighted by atomic mass is 32.1. The lowest BCUT2D eigenvalue weighted by molar-refractivity contribution is 0.584. The number of benzene rings is 1. The molecule has 1 aromatic heterocycles. The summed E-state index contributed by atoms with van der Waals surface area (Å²) in [6.07, 6.45) is 0. The summed E-state index contributed by atoms with van der Waals surface area (Å²) in [5.74, 6) is 0. The van der Waals surface area contributed by atoms with Gasteiger partial charge in [0.15, 0.2) is 0 Å². The lowest BCUT2D eigenvalue weighted by Crippen LogP contribution is -2.10. The van der Waals surface area contributed by atoms with Crippen LogP contribution < -0.4 is 0 Å². The van der Waals surface area contributed by atoms with E-state index in [1.54, 1.807) is 0 Å². The summed E-state index contributed by atoms with van der Waals surface area (Å²) in [5.41, 5.74) is 2.55. The van der Waals surface area contributed by atoms with Crippen molar-refractivity contribution in [3.05, 3.63) is 41.0 Å². The summed E-state index contributed by atoms with van der Waals surface area (Å²) < 4.78 is 0. The predicted octanol–water partition coefficient (Wildman–Crippen LogP) is 4.42. The zero-order chi connectivity index (χ0) is 11.8. The Morgan fingerprint density at radius 3 is 2.19 bits per heavy atom. The van der Waals surface area contributed by atoms with Crippen molar-refractivity contribution in [3.63, 3.8) is 0 Å². The van der Waals surface area contributed by atoms with Gasteiger partial charge in [-0.05, 0) is 12.5 Å². The van der Waals surface area contributed by atoms with Gasteiger partial charge in [-0.15, -0.1) is 11.3 Å². The molecule has 0 fully saturated rings. The molecule has 16 heavy (non-hydrogen) atoms. The van der Waals surface area contributed by atoms with E-state index in [9.17, 15) is 0 Å². The molecular formula is C14H17NS. The van der Waals surface area contributed by atoms with Gasteiger partial charge >= 0.3 is 0 Å². The number of hydrogen-bond acceptors (Lipinski definition) is 2. The molecule has 0 saturated heterocycles. The van der Waals surface area contributed by atoms with E-state index >= 15 is 0 Å². The van der Waals surface area contributed by atoms with Crippen LogP contribution in [0.4, 0.5) is 0 Å². The molecule has 1 heterocycles. The number of hydrogen-bond donors (Lipinski definition) is 0. The minimum Gasteiger partial charge on any atom is -0.245 e. The Balaban J connectivity index is 2.48. The molecule has 0 aliphatic heterocycles. The third kappa shape index (κ3) is 2.17. The fourth-order valence-electron chi connectivity index (χ4n) is 1.57. The number of nitrogens with zero attached hydrogens (tertiary/aromatic N) is 1. The van der Waals surface area contributed by atoms with Crippen LogP contribution >= 0.6 is 11.3 Å². The molecule has 0 radical (unpaired) electrons. The van der Waals surface area contributed by atoms with E-state index in [4.69, 9.17) is 0 Å². The van der Waals surface area contributed by atoms with Crippen LogP contribution in [0.5, 0.6) is 0 Å². The average molecular weight is 231 g/mol. The average Bonchev–Trinajstić information content (AvgIpc) is 2.61. The summed E-state index contributed by atoms with van der Waals surface area (Å²) in [6, 6.07) is 10.5. The molecule has 1 aromatic carbocycles. The molecular weight excluding hydrogens is 214 g/mol. The molecule has 2 heteroatoms. The maximum atomic E-state index is 4.68. The second-order valence-corrected chi connectivity index (χ2v) is 6.05. The fourth-order valence-corrected chi connectivity index (χ4v) is 2.70. The van der Waals surface area contributed by atoms with E-state index in [1.807, 2.05) is 17.4 Å². The van der Waals surface area contributed by atoms with Gasteiger partial charge in [-0.2, -0.15) is 0 Å². The van der Waals surface area contributed by atoms with E-state index in [0.717, 1.165) is 5.69 Å². The van der Waals surface area contributed by atoms with Gasteiger partial charge in [-0.25, -0.2) is 4.98 Å². The van der Waals surface area contributed by atoms with E-state index in [0.29, 0.717) is 0 Å². The van der Waals surface area contributed by atoms with Crippen molar-refractivity contribution in [2.75, 3.05) is 0 Å². The maximum absolute atomic E-state index is 4.68. The summed E-state index contributed by atoms with van der Waals surface area (Å²) in [7, 11) is 0. The number of aryl methyl sites for hydroxylation is 1. The standard InChI is InChI=1S/C14H17NS/c1-10-12(11-8-6-5-7-9-11)16-13(15-10)14(2,3)4/h5-9H,1-4H3. The van der Waals surface area contributed by atoms with Crippen LogP contribution in [-0.4, -0.2) is 4.98 Å². The summed E-state index contributed by atoms with van der Waals surface area (Å²) in [6.45, 7) is 8.72. The van der Waals surface area contributed by atoms with Gasteiger partial charge in [0, 0.05) is 5.41 Å². The van der Waals surface area contributed by atoms with E-state index in [2.05, 4.69) is 56.9 Å². The predicted molar refractivity (Wildman–Crippen MR) is 71.0 cm³/mol. The summed E-state index contributed by atoms with van der Waals surface area (Å²) in [5, 5.41) is 1.21. The molecule has 0 spiro atoms. The van der Waals surface area contributed by atoms with Crippen molar-refractivity contribution in [2.24, 2.45) is 0 Å². The van der Waals surface area contributed by atoms with Crippen molar-refractivity contribution in [3.8, 4) is 10.4 Å². The topological polar surface area (TPSA) is 12.9 Å². The van der Waals surface area contributed by atoms with Crippen LogP contribution in [0.2, 0.25) is 0 Å². The van der Waals surface area contributed by atoms with Gasteiger partial charge in [-0.1, -0.05) is 51.1 Å². The highest BCUT2D eigenvalue weighted by molar-refractivity contribution is 7.15. The monoisotopic (exact) mass is 231 g/mol. The van der Waals surface area contributed by atoms with E-state index in [-0.39, 0.29) is 5.41 Å². The van der Waals surface area contributed by atoms with Crippen LogP contribution in [0.3, 0.4) is 0 Å². The first-order valence-corrected chi connectivity index (χ1v) is 6.33. The third-order valence-corrected chi connectivity index (χ3v) is 4.11. The molecule has 1 nitrogen and oxygen atoms in total. The summed E-state index contributed by atoms with van der Waals surface area (Å²) >= 11 is 1.81. The van der Waals surface area contributed by atoms with Gasteiger partial charge in [0.2, 0.25) is 0 Å². The first kappa shape index (κ1) is 11.3. The SMILES string of the molecule is Cc1nc(C(C)(C)C)sc1-c1ccccc1. The quantitative estimate of drug-likeness (QED) is 0.708. The Bertz CT molecular complexity index is 477. The van der Waals surface area contributed by atoms with Crippen LogP contribution in [-0.2, 0) is 5.41 Å². The zero-order valence-electron chi connectivity index (χ0n) is 10.2. The largest absolute Gasteiger partial charge is 0.245 e. The molecule has 2 aromatic rings. The second-order valence-electron chi connectivity index (χ2n) is 5.05. The van der Waals surface area contributed by atoms with Crippen molar-refractivity contribution in [1.82, 2.24) is 4.98 Å². The molecule has 0 atom stereocenters. The third-order valence-electron chi connectivity index (χ3n) is 2.47. The van der Waals surface area contributed by atoms with Crippen LogP contribution in [0.25, 0.3) is 10.4 Å². The van der Waals surface area contributed by atoms with Crippen LogP contribution in [0.15, 0.2) is 30.3 Å². The first-order valence-electron chi connectivity index (χ1n) is 5.52. The zero-order valence-corrected chi connectivity index (χ0v) is 11.1. The normalized spacial score (nSPS) is 11.8. The molecule has 0 aliphatic rings. The van der Waals surface area contributed by atoms with E-state index in [1.165, 1.54) is 15.4 Å². The van der Waals surface area contributed by atoms with Gasteiger partial charge in [0.25, 0.3) is 0 Å². The Morgan fingerprint density at radius 1 is 1.06 bits per heavy atom.